The minimum Gasteiger partial charge on any atom is -0.503 e. The summed E-state index contributed by atoms with van der Waals surface area (Å²) in [5.74, 6) is -0.639. The summed E-state index contributed by atoms with van der Waals surface area (Å²) < 4.78 is 10.6. The van der Waals surface area contributed by atoms with Gasteiger partial charge in [0.25, 0.3) is 0 Å². The number of benzene rings is 2. The molecule has 2 aromatic rings. The maximum atomic E-state index is 12.8. The molecule has 1 aliphatic rings. The Kier molecular flexibility index (Phi) is 6.29. The highest BCUT2D eigenvalue weighted by molar-refractivity contribution is 6.32. The van der Waals surface area contributed by atoms with Crippen LogP contribution in [-0.4, -0.2) is 30.8 Å². The molecule has 7 nitrogen and oxygen atoms in total. The van der Waals surface area contributed by atoms with Gasteiger partial charge in [0.15, 0.2) is 11.5 Å². The summed E-state index contributed by atoms with van der Waals surface area (Å²) in [5, 5.41) is 15.3. The third-order valence-electron chi connectivity index (χ3n) is 4.56. The first kappa shape index (κ1) is 20.5. The predicted octanol–water partition coefficient (Wildman–Crippen LogP) is 3.47. The highest BCUT2D eigenvalue weighted by atomic mass is 35.5. The number of carbonyl (C=O) groups is 2. The van der Waals surface area contributed by atoms with Crippen molar-refractivity contribution in [1.82, 2.24) is 10.6 Å². The molecule has 8 heteroatoms. The quantitative estimate of drug-likeness (QED) is 0.626. The molecule has 0 saturated carbocycles. The van der Waals surface area contributed by atoms with E-state index in [0.29, 0.717) is 17.7 Å². The zero-order valence-electron chi connectivity index (χ0n) is 16.0. The van der Waals surface area contributed by atoms with Crippen LogP contribution in [0.2, 0.25) is 5.02 Å². The Morgan fingerprint density at radius 2 is 1.97 bits per heavy atom. The van der Waals surface area contributed by atoms with Gasteiger partial charge in [0, 0.05) is 12.1 Å². The van der Waals surface area contributed by atoms with E-state index in [1.165, 1.54) is 19.2 Å². The molecule has 3 N–H and O–H groups in total. The second kappa shape index (κ2) is 8.87. The van der Waals surface area contributed by atoms with Gasteiger partial charge in [-0.2, -0.15) is 0 Å². The van der Waals surface area contributed by atoms with Crippen LogP contribution < -0.4 is 15.4 Å². The molecule has 0 saturated heterocycles. The van der Waals surface area contributed by atoms with Gasteiger partial charge >= 0.3 is 12.0 Å². The molecule has 0 aliphatic carbocycles. The number of carbonyl (C=O) groups excluding carboxylic acids is 2. The van der Waals surface area contributed by atoms with Crippen LogP contribution in [0.5, 0.6) is 11.5 Å². The third kappa shape index (κ3) is 4.63. The normalized spacial score (nSPS) is 16.1. The molecule has 2 aromatic carbocycles. The molecule has 152 valence electrons. The lowest BCUT2D eigenvalue weighted by atomic mass is 9.95. The van der Waals surface area contributed by atoms with Crippen molar-refractivity contribution >= 4 is 23.6 Å². The van der Waals surface area contributed by atoms with E-state index in [2.05, 4.69) is 10.6 Å². The number of phenols is 1. The first-order valence-electron chi connectivity index (χ1n) is 8.96. The summed E-state index contributed by atoms with van der Waals surface area (Å²) in [5.41, 5.74) is 2.16. The Labute approximate surface area is 173 Å². The molecule has 29 heavy (non-hydrogen) atoms. The van der Waals surface area contributed by atoms with E-state index in [1.807, 2.05) is 30.3 Å². The van der Waals surface area contributed by atoms with Gasteiger partial charge < -0.3 is 25.2 Å². The second-order valence-electron chi connectivity index (χ2n) is 6.50. The molecule has 1 heterocycles. The summed E-state index contributed by atoms with van der Waals surface area (Å²) in [6.07, 6.45) is 0.572. The fraction of sp³-hybridized carbons (Fsp3) is 0.238. The average molecular weight is 417 g/mol. The number of phenolic OH excluding ortho intramolecular Hbond substituents is 1. The Morgan fingerprint density at radius 3 is 2.66 bits per heavy atom. The number of esters is 1. The van der Waals surface area contributed by atoms with E-state index in [9.17, 15) is 14.7 Å². The Hall–Kier alpha value is -3.19. The van der Waals surface area contributed by atoms with Gasteiger partial charge in [-0.3, -0.25) is 0 Å². The molecule has 1 aliphatic heterocycles. The molecule has 3 rings (SSSR count). The van der Waals surface area contributed by atoms with Crippen LogP contribution in [0.15, 0.2) is 53.7 Å². The number of ether oxygens (including phenoxy) is 2. The van der Waals surface area contributed by atoms with Crippen molar-refractivity contribution in [3.8, 4) is 11.5 Å². The van der Waals surface area contributed by atoms with Crippen LogP contribution in [0, 0.1) is 0 Å². The number of halogens is 1. The number of amides is 2. The maximum absolute atomic E-state index is 12.8. The number of methoxy groups -OCH3 is 1. The number of hydrogen-bond donors (Lipinski definition) is 3. The van der Waals surface area contributed by atoms with Gasteiger partial charge in [-0.15, -0.1) is 0 Å². The second-order valence-corrected chi connectivity index (χ2v) is 6.90. The van der Waals surface area contributed by atoms with E-state index in [-0.39, 0.29) is 28.7 Å². The minimum absolute atomic E-state index is 0.0431. The molecule has 2 amide bonds. The Balaban J connectivity index is 1.84. The fourth-order valence-electron chi connectivity index (χ4n) is 3.11. The number of aromatic hydroxyl groups is 1. The van der Waals surface area contributed by atoms with Crippen molar-refractivity contribution in [2.75, 3.05) is 13.7 Å². The molecule has 0 spiro atoms. The van der Waals surface area contributed by atoms with Gasteiger partial charge in [0.2, 0.25) is 0 Å². The minimum atomic E-state index is -0.806. The summed E-state index contributed by atoms with van der Waals surface area (Å²) in [4.78, 5) is 24.8. The molecule has 0 bridgehead atoms. The Bertz CT molecular complexity index is 959. The van der Waals surface area contributed by atoms with Crippen molar-refractivity contribution in [3.05, 3.63) is 69.9 Å². The molecule has 1 unspecified atom stereocenters. The molecule has 0 fully saturated rings. The Morgan fingerprint density at radius 1 is 1.24 bits per heavy atom. The van der Waals surface area contributed by atoms with Crippen LogP contribution >= 0.6 is 11.6 Å². The van der Waals surface area contributed by atoms with Crippen LogP contribution in [0.1, 0.15) is 24.1 Å². The fourth-order valence-corrected chi connectivity index (χ4v) is 3.33. The average Bonchev–Trinajstić information content (AvgIpc) is 2.70. The lowest BCUT2D eigenvalue weighted by Crippen LogP contribution is -2.45. The summed E-state index contributed by atoms with van der Waals surface area (Å²) >= 11 is 6.08. The van der Waals surface area contributed by atoms with E-state index >= 15 is 0 Å². The van der Waals surface area contributed by atoms with Crippen molar-refractivity contribution < 1.29 is 24.2 Å². The summed E-state index contributed by atoms with van der Waals surface area (Å²) in [7, 11) is 1.38. The highest BCUT2D eigenvalue weighted by Crippen LogP contribution is 2.39. The van der Waals surface area contributed by atoms with E-state index in [1.54, 1.807) is 6.92 Å². The third-order valence-corrected chi connectivity index (χ3v) is 4.85. The van der Waals surface area contributed by atoms with Gasteiger partial charge in [-0.05, 0) is 30.2 Å². The molecular weight excluding hydrogens is 396 g/mol. The molecule has 0 radical (unpaired) electrons. The molecule has 1 atom stereocenters. The number of rotatable bonds is 6. The highest BCUT2D eigenvalue weighted by Gasteiger charge is 2.33. The zero-order chi connectivity index (χ0) is 21.0. The van der Waals surface area contributed by atoms with Gasteiger partial charge in [-0.1, -0.05) is 41.9 Å². The van der Waals surface area contributed by atoms with Crippen molar-refractivity contribution in [3.63, 3.8) is 0 Å². The number of allylic oxidation sites excluding steroid dienone is 1. The van der Waals surface area contributed by atoms with Crippen LogP contribution in [0.4, 0.5) is 4.79 Å². The van der Waals surface area contributed by atoms with Crippen molar-refractivity contribution in [2.24, 2.45) is 0 Å². The lowest BCUT2D eigenvalue weighted by Gasteiger charge is -2.28. The van der Waals surface area contributed by atoms with Gasteiger partial charge in [0.05, 0.1) is 30.4 Å². The largest absolute Gasteiger partial charge is 0.503 e. The predicted molar refractivity (Wildman–Crippen MR) is 108 cm³/mol. The van der Waals surface area contributed by atoms with Crippen LogP contribution in [0.3, 0.4) is 0 Å². The summed E-state index contributed by atoms with van der Waals surface area (Å²) in [6.45, 7) is 1.82. The number of nitrogens with one attached hydrogen (secondary N) is 2. The topological polar surface area (TPSA) is 96.9 Å². The summed E-state index contributed by atoms with van der Waals surface area (Å²) in [6, 6.07) is 11.4. The maximum Gasteiger partial charge on any atom is 0.338 e. The van der Waals surface area contributed by atoms with Crippen LogP contribution in [-0.2, 0) is 16.0 Å². The number of hydrogen-bond acceptors (Lipinski definition) is 5. The van der Waals surface area contributed by atoms with Gasteiger partial charge in [-0.25, -0.2) is 9.59 Å². The SMILES string of the molecule is COc1cc(C2NC(=O)NC(C)=C2C(=O)OCCc2ccccc2)cc(Cl)c1O. The van der Waals surface area contributed by atoms with E-state index in [4.69, 9.17) is 21.1 Å². The molecule has 0 aromatic heterocycles. The lowest BCUT2D eigenvalue weighted by molar-refractivity contribution is -0.139. The standard InChI is InChI=1S/C21H21ClN2O5/c1-12-17(20(26)29-9-8-13-6-4-3-5-7-13)18(24-21(27)23-12)14-10-15(22)19(25)16(11-14)28-2/h3-7,10-11,18,25H,8-9H2,1-2H3,(H2,23,24,27). The van der Waals surface area contributed by atoms with E-state index in [0.717, 1.165) is 5.56 Å². The van der Waals surface area contributed by atoms with Crippen molar-refractivity contribution in [1.29, 1.82) is 0 Å². The monoisotopic (exact) mass is 416 g/mol. The first-order valence-corrected chi connectivity index (χ1v) is 9.34. The van der Waals surface area contributed by atoms with Gasteiger partial charge in [0.1, 0.15) is 0 Å². The zero-order valence-corrected chi connectivity index (χ0v) is 16.7. The van der Waals surface area contributed by atoms with E-state index < -0.39 is 18.0 Å². The number of urea groups is 1. The van der Waals surface area contributed by atoms with Crippen molar-refractivity contribution in [2.45, 2.75) is 19.4 Å². The van der Waals surface area contributed by atoms with Crippen LogP contribution in [0.25, 0.3) is 0 Å². The molecular formula is C21H21ClN2O5. The first-order chi connectivity index (χ1) is 13.9. The smallest absolute Gasteiger partial charge is 0.338 e.